The molecule has 0 aromatic rings. The molecule has 1 nitrogen and oxygen atoms in total. The van der Waals surface area contributed by atoms with Crippen LogP contribution < -0.4 is 5.32 Å². The largest absolute Gasteiger partial charge is 0.312 e. The fourth-order valence-corrected chi connectivity index (χ4v) is 2.64. The van der Waals surface area contributed by atoms with Crippen molar-refractivity contribution in [2.45, 2.75) is 19.3 Å². The highest BCUT2D eigenvalue weighted by atomic mass is 14.9. The van der Waals surface area contributed by atoms with Crippen LogP contribution in [0.3, 0.4) is 0 Å². The summed E-state index contributed by atoms with van der Waals surface area (Å²) >= 11 is 0. The summed E-state index contributed by atoms with van der Waals surface area (Å²) in [5.41, 5.74) is 4.84. The van der Waals surface area contributed by atoms with Crippen LogP contribution >= 0.6 is 0 Å². The number of rotatable bonds is 0. The molecule has 1 fully saturated rings. The van der Waals surface area contributed by atoms with Crippen molar-refractivity contribution in [1.29, 1.82) is 0 Å². The Bertz CT molecular complexity index is 320. The minimum atomic E-state index is 0.824. The van der Waals surface area contributed by atoms with Gasteiger partial charge in [-0.1, -0.05) is 29.4 Å². The second kappa shape index (κ2) is 2.85. The first-order valence-corrected chi connectivity index (χ1v) is 5.23. The molecule has 13 heavy (non-hydrogen) atoms. The lowest BCUT2D eigenvalue weighted by atomic mass is 9.81. The molecule has 0 amide bonds. The second-order valence-electron chi connectivity index (χ2n) is 4.25. The lowest BCUT2D eigenvalue weighted by Gasteiger charge is -2.23. The van der Waals surface area contributed by atoms with Gasteiger partial charge in [0.15, 0.2) is 0 Å². The van der Waals surface area contributed by atoms with Crippen LogP contribution in [0.2, 0.25) is 0 Å². The van der Waals surface area contributed by atoms with Crippen molar-refractivity contribution in [3.63, 3.8) is 0 Å². The van der Waals surface area contributed by atoms with Crippen molar-refractivity contribution in [3.05, 3.63) is 34.9 Å². The summed E-state index contributed by atoms with van der Waals surface area (Å²) < 4.78 is 0. The number of fused-ring (bicyclic) bond motifs is 1. The van der Waals surface area contributed by atoms with Crippen LogP contribution in [0.15, 0.2) is 34.9 Å². The minimum absolute atomic E-state index is 0.824. The molecule has 0 bridgehead atoms. The van der Waals surface area contributed by atoms with Crippen molar-refractivity contribution in [2.24, 2.45) is 5.92 Å². The van der Waals surface area contributed by atoms with Crippen LogP contribution in [0, 0.1) is 5.92 Å². The van der Waals surface area contributed by atoms with E-state index < -0.39 is 0 Å². The van der Waals surface area contributed by atoms with Crippen LogP contribution in [-0.4, -0.2) is 13.1 Å². The van der Waals surface area contributed by atoms with Gasteiger partial charge < -0.3 is 5.32 Å². The second-order valence-corrected chi connectivity index (χ2v) is 4.25. The summed E-state index contributed by atoms with van der Waals surface area (Å²) in [6.45, 7) is 2.32. The smallest absolute Gasteiger partial charge is 0.0171 e. The van der Waals surface area contributed by atoms with Crippen LogP contribution in [0.25, 0.3) is 0 Å². The van der Waals surface area contributed by atoms with Gasteiger partial charge in [-0.05, 0) is 30.8 Å². The van der Waals surface area contributed by atoms with E-state index in [1.807, 2.05) is 0 Å². The molecule has 3 aliphatic rings. The number of nitrogens with one attached hydrogen (secondary N) is 1. The van der Waals surface area contributed by atoms with E-state index in [9.17, 15) is 0 Å². The van der Waals surface area contributed by atoms with Gasteiger partial charge in [0, 0.05) is 13.1 Å². The Balaban J connectivity index is 1.98. The Morgan fingerprint density at radius 1 is 1.38 bits per heavy atom. The molecule has 1 heteroatoms. The standard InChI is InChI=1S/C12H15N/c1-2-4-10-6-12-8-13-7-11(12)5-9(10)3-1/h1,3,5,12-13H,2,4,6-8H2. The highest BCUT2D eigenvalue weighted by molar-refractivity contribution is 5.45. The molecule has 2 aliphatic carbocycles. The fourth-order valence-electron chi connectivity index (χ4n) is 2.64. The first kappa shape index (κ1) is 7.57. The van der Waals surface area contributed by atoms with E-state index >= 15 is 0 Å². The average molecular weight is 173 g/mol. The summed E-state index contributed by atoms with van der Waals surface area (Å²) in [6.07, 6.45) is 10.9. The first-order chi connectivity index (χ1) is 6.43. The third-order valence-corrected chi connectivity index (χ3v) is 3.40. The van der Waals surface area contributed by atoms with Crippen molar-refractivity contribution >= 4 is 0 Å². The van der Waals surface area contributed by atoms with Gasteiger partial charge in [-0.2, -0.15) is 0 Å². The zero-order valence-corrected chi connectivity index (χ0v) is 7.84. The average Bonchev–Trinajstić information content (AvgIpc) is 2.61. The molecular formula is C12H15N. The van der Waals surface area contributed by atoms with E-state index in [0.29, 0.717) is 0 Å². The molecule has 68 valence electrons. The van der Waals surface area contributed by atoms with Crippen LogP contribution in [-0.2, 0) is 0 Å². The Hall–Kier alpha value is -0.820. The minimum Gasteiger partial charge on any atom is -0.312 e. The lowest BCUT2D eigenvalue weighted by Crippen LogP contribution is -2.12. The molecule has 1 aliphatic heterocycles. The van der Waals surface area contributed by atoms with E-state index in [-0.39, 0.29) is 0 Å². The van der Waals surface area contributed by atoms with Gasteiger partial charge >= 0.3 is 0 Å². The van der Waals surface area contributed by atoms with Crippen LogP contribution in [0.1, 0.15) is 19.3 Å². The molecule has 0 radical (unpaired) electrons. The van der Waals surface area contributed by atoms with E-state index in [0.717, 1.165) is 12.5 Å². The maximum absolute atomic E-state index is 3.45. The highest BCUT2D eigenvalue weighted by Gasteiger charge is 2.26. The third kappa shape index (κ3) is 1.19. The topological polar surface area (TPSA) is 12.0 Å². The highest BCUT2D eigenvalue weighted by Crippen LogP contribution is 2.35. The van der Waals surface area contributed by atoms with Crippen molar-refractivity contribution in [3.8, 4) is 0 Å². The van der Waals surface area contributed by atoms with Gasteiger partial charge in [0.25, 0.3) is 0 Å². The summed E-state index contributed by atoms with van der Waals surface area (Å²) in [4.78, 5) is 0. The molecule has 3 rings (SSSR count). The van der Waals surface area contributed by atoms with E-state index in [1.165, 1.54) is 31.4 Å². The predicted molar refractivity (Wildman–Crippen MR) is 54.5 cm³/mol. The number of hydrogen-bond acceptors (Lipinski definition) is 1. The molecule has 0 aromatic carbocycles. The SMILES string of the molecule is C1=CC2=C(CC1)CC1CNCC1=C2. The van der Waals surface area contributed by atoms with Gasteiger partial charge in [-0.25, -0.2) is 0 Å². The molecule has 1 unspecified atom stereocenters. The van der Waals surface area contributed by atoms with E-state index in [2.05, 4.69) is 23.5 Å². The van der Waals surface area contributed by atoms with Crippen LogP contribution in [0.5, 0.6) is 0 Å². The zero-order chi connectivity index (χ0) is 8.67. The Morgan fingerprint density at radius 2 is 2.38 bits per heavy atom. The monoisotopic (exact) mass is 173 g/mol. The van der Waals surface area contributed by atoms with Gasteiger partial charge in [-0.3, -0.25) is 0 Å². The van der Waals surface area contributed by atoms with Crippen molar-refractivity contribution < 1.29 is 0 Å². The molecule has 1 N–H and O–H groups in total. The molecule has 0 aromatic heterocycles. The normalized spacial score (nSPS) is 31.4. The Kier molecular flexibility index (Phi) is 1.66. The van der Waals surface area contributed by atoms with E-state index in [4.69, 9.17) is 0 Å². The molecular weight excluding hydrogens is 158 g/mol. The van der Waals surface area contributed by atoms with E-state index in [1.54, 1.807) is 11.1 Å². The molecule has 0 spiro atoms. The summed E-state index contributed by atoms with van der Waals surface area (Å²) in [5, 5.41) is 3.45. The van der Waals surface area contributed by atoms with Gasteiger partial charge in [-0.15, -0.1) is 0 Å². The predicted octanol–water partition coefficient (Wildman–Crippen LogP) is 2.18. The molecule has 1 saturated heterocycles. The lowest BCUT2D eigenvalue weighted by molar-refractivity contribution is 0.617. The molecule has 0 saturated carbocycles. The number of allylic oxidation sites excluding steroid dienone is 5. The molecule has 1 atom stereocenters. The quantitative estimate of drug-likeness (QED) is 0.592. The van der Waals surface area contributed by atoms with Gasteiger partial charge in [0.05, 0.1) is 0 Å². The third-order valence-electron chi connectivity index (χ3n) is 3.40. The van der Waals surface area contributed by atoms with Crippen LogP contribution in [0.4, 0.5) is 0 Å². The number of hydrogen-bond donors (Lipinski definition) is 1. The summed E-state index contributed by atoms with van der Waals surface area (Å²) in [5.74, 6) is 0.824. The van der Waals surface area contributed by atoms with Crippen molar-refractivity contribution in [2.75, 3.05) is 13.1 Å². The van der Waals surface area contributed by atoms with Crippen molar-refractivity contribution in [1.82, 2.24) is 5.32 Å². The maximum atomic E-state index is 3.45. The first-order valence-electron chi connectivity index (χ1n) is 5.23. The maximum Gasteiger partial charge on any atom is 0.0171 e. The zero-order valence-electron chi connectivity index (χ0n) is 7.84. The molecule has 1 heterocycles. The Labute approximate surface area is 79.2 Å². The van der Waals surface area contributed by atoms with Gasteiger partial charge in [0.1, 0.15) is 0 Å². The Morgan fingerprint density at radius 3 is 3.38 bits per heavy atom. The summed E-state index contributed by atoms with van der Waals surface area (Å²) in [7, 11) is 0. The fraction of sp³-hybridized carbons (Fsp3) is 0.500. The summed E-state index contributed by atoms with van der Waals surface area (Å²) in [6, 6.07) is 0. The van der Waals surface area contributed by atoms with Gasteiger partial charge in [0.2, 0.25) is 0 Å².